The Labute approximate surface area is 125 Å². The Hall–Kier alpha value is -1.72. The Morgan fingerprint density at radius 1 is 1.10 bits per heavy atom. The van der Waals surface area contributed by atoms with E-state index in [4.69, 9.17) is 23.2 Å². The summed E-state index contributed by atoms with van der Waals surface area (Å²) in [6.45, 7) is 0. The van der Waals surface area contributed by atoms with Crippen LogP contribution >= 0.6 is 23.2 Å². The van der Waals surface area contributed by atoms with Crippen LogP contribution in [0.2, 0.25) is 10.3 Å². The van der Waals surface area contributed by atoms with E-state index in [2.05, 4.69) is 15.0 Å². The van der Waals surface area contributed by atoms with Gasteiger partial charge in [-0.05, 0) is 17.7 Å². The van der Waals surface area contributed by atoms with Crippen molar-refractivity contribution in [3.8, 4) is 11.1 Å². The average molecular weight is 313 g/mol. The smallest absolute Gasteiger partial charge is 0.253 e. The highest BCUT2D eigenvalue weighted by Gasteiger charge is 2.13. The molecule has 0 aliphatic heterocycles. The van der Waals surface area contributed by atoms with Crippen molar-refractivity contribution in [2.75, 3.05) is 14.1 Å². The van der Waals surface area contributed by atoms with E-state index in [9.17, 15) is 4.39 Å². The van der Waals surface area contributed by atoms with E-state index in [1.54, 1.807) is 23.4 Å². The largest absolute Gasteiger partial charge is 0.369 e. The highest BCUT2D eigenvalue weighted by Crippen LogP contribution is 2.33. The van der Waals surface area contributed by atoms with Crippen LogP contribution in [0.25, 0.3) is 11.1 Å². The number of halogens is 3. The molecule has 0 atom stereocenters. The first-order valence-corrected chi connectivity index (χ1v) is 6.42. The summed E-state index contributed by atoms with van der Waals surface area (Å²) >= 11 is 12.2. The van der Waals surface area contributed by atoms with E-state index in [0.717, 1.165) is 0 Å². The van der Waals surface area contributed by atoms with Gasteiger partial charge in [0.15, 0.2) is 0 Å². The number of aromatic nitrogens is 2. The fraction of sp³-hybridized carbons (Fsp3) is 0.154. The maximum Gasteiger partial charge on any atom is 0.253 e. The predicted molar refractivity (Wildman–Crippen MR) is 79.3 cm³/mol. The van der Waals surface area contributed by atoms with Crippen molar-refractivity contribution >= 4 is 35.5 Å². The highest BCUT2D eigenvalue weighted by atomic mass is 35.5. The van der Waals surface area contributed by atoms with E-state index in [1.807, 2.05) is 14.1 Å². The molecule has 1 aromatic carbocycles. The molecule has 2 rings (SSSR count). The fourth-order valence-electron chi connectivity index (χ4n) is 1.48. The molecule has 0 amide bonds. The van der Waals surface area contributed by atoms with Crippen molar-refractivity contribution in [3.05, 3.63) is 40.4 Å². The van der Waals surface area contributed by atoms with E-state index >= 15 is 0 Å². The van der Waals surface area contributed by atoms with Gasteiger partial charge in [0, 0.05) is 14.1 Å². The zero-order chi connectivity index (χ0) is 14.7. The third kappa shape index (κ3) is 3.43. The molecule has 0 aliphatic carbocycles. The van der Waals surface area contributed by atoms with Gasteiger partial charge in [0.1, 0.15) is 16.1 Å². The van der Waals surface area contributed by atoms with Crippen molar-refractivity contribution in [3.63, 3.8) is 0 Å². The topological polar surface area (TPSA) is 41.4 Å². The Kier molecular flexibility index (Phi) is 4.52. The first-order valence-electron chi connectivity index (χ1n) is 5.67. The van der Waals surface area contributed by atoms with Gasteiger partial charge in [0.05, 0.1) is 11.9 Å². The van der Waals surface area contributed by atoms with Gasteiger partial charge in [-0.25, -0.2) is 9.38 Å². The first kappa shape index (κ1) is 14.7. The van der Waals surface area contributed by atoms with Crippen molar-refractivity contribution < 1.29 is 4.39 Å². The Morgan fingerprint density at radius 2 is 1.65 bits per heavy atom. The zero-order valence-electron chi connectivity index (χ0n) is 10.8. The molecule has 20 heavy (non-hydrogen) atoms. The maximum atomic E-state index is 12.9. The second-order valence-corrected chi connectivity index (χ2v) is 4.91. The van der Waals surface area contributed by atoms with Crippen molar-refractivity contribution in [2.24, 2.45) is 4.99 Å². The van der Waals surface area contributed by atoms with Gasteiger partial charge in [-0.1, -0.05) is 35.3 Å². The monoisotopic (exact) mass is 312 g/mol. The van der Waals surface area contributed by atoms with E-state index in [1.165, 1.54) is 12.1 Å². The molecule has 0 unspecified atom stereocenters. The second-order valence-electron chi connectivity index (χ2n) is 4.20. The third-order valence-corrected chi connectivity index (χ3v) is 2.89. The molecule has 0 spiro atoms. The van der Waals surface area contributed by atoms with Gasteiger partial charge in [-0.2, -0.15) is 9.97 Å². The number of nitrogens with zero attached hydrogens (tertiary/aromatic N) is 4. The maximum absolute atomic E-state index is 12.9. The molecular weight excluding hydrogens is 302 g/mol. The number of aliphatic imine (C=N–C) groups is 1. The summed E-state index contributed by atoms with van der Waals surface area (Å²) in [6, 6.07) is 5.77. The molecule has 1 aromatic heterocycles. The Bertz CT molecular complexity index is 618. The van der Waals surface area contributed by atoms with Crippen molar-refractivity contribution in [2.45, 2.75) is 0 Å². The van der Waals surface area contributed by atoms with Gasteiger partial charge in [0.2, 0.25) is 0 Å². The quantitative estimate of drug-likeness (QED) is 0.491. The van der Waals surface area contributed by atoms with E-state index in [-0.39, 0.29) is 22.1 Å². The SMILES string of the molecule is CN(C)C=Nc1nc(Cl)c(-c2ccc(F)cc2)c(Cl)n1. The van der Waals surface area contributed by atoms with E-state index in [0.29, 0.717) is 11.1 Å². The number of rotatable bonds is 3. The Balaban J connectivity index is 2.43. The summed E-state index contributed by atoms with van der Waals surface area (Å²) in [4.78, 5) is 13.9. The predicted octanol–water partition coefficient (Wildman–Crippen LogP) is 3.81. The molecule has 0 aliphatic rings. The average Bonchev–Trinajstić information content (AvgIpc) is 2.38. The summed E-state index contributed by atoms with van der Waals surface area (Å²) in [7, 11) is 3.64. The van der Waals surface area contributed by atoms with Crippen LogP contribution in [0.3, 0.4) is 0 Å². The summed E-state index contributed by atoms with van der Waals surface area (Å²) in [5.41, 5.74) is 1.10. The lowest BCUT2D eigenvalue weighted by Gasteiger charge is -2.07. The number of hydrogen-bond donors (Lipinski definition) is 0. The van der Waals surface area contributed by atoms with Crippen LogP contribution in [-0.2, 0) is 0 Å². The minimum atomic E-state index is -0.339. The van der Waals surface area contributed by atoms with Gasteiger partial charge in [0.25, 0.3) is 5.95 Å². The molecule has 104 valence electrons. The molecule has 0 radical (unpaired) electrons. The molecule has 7 heteroatoms. The molecule has 0 saturated heterocycles. The van der Waals surface area contributed by atoms with Crippen LogP contribution in [0.4, 0.5) is 10.3 Å². The zero-order valence-corrected chi connectivity index (χ0v) is 12.3. The second kappa shape index (κ2) is 6.15. The third-order valence-electron chi connectivity index (χ3n) is 2.35. The molecule has 0 saturated carbocycles. The molecule has 1 heterocycles. The van der Waals surface area contributed by atoms with Crippen LogP contribution in [0.15, 0.2) is 29.3 Å². The molecular formula is C13H11Cl2FN4. The molecule has 4 nitrogen and oxygen atoms in total. The molecule has 0 fully saturated rings. The summed E-state index contributed by atoms with van der Waals surface area (Å²) < 4.78 is 12.9. The highest BCUT2D eigenvalue weighted by molar-refractivity contribution is 6.37. The van der Waals surface area contributed by atoms with Crippen molar-refractivity contribution in [1.29, 1.82) is 0 Å². The van der Waals surface area contributed by atoms with Crippen LogP contribution < -0.4 is 0 Å². The summed E-state index contributed by atoms with van der Waals surface area (Å²) in [6.07, 6.45) is 1.54. The van der Waals surface area contributed by atoms with E-state index < -0.39 is 0 Å². The fourth-order valence-corrected chi connectivity index (χ4v) is 2.07. The molecule has 0 bridgehead atoms. The van der Waals surface area contributed by atoms with Crippen molar-refractivity contribution in [1.82, 2.24) is 14.9 Å². The van der Waals surface area contributed by atoms with Gasteiger partial charge >= 0.3 is 0 Å². The Morgan fingerprint density at radius 3 is 2.15 bits per heavy atom. The van der Waals surface area contributed by atoms with Gasteiger partial charge in [-0.15, -0.1) is 0 Å². The normalized spacial score (nSPS) is 11.1. The van der Waals surface area contributed by atoms with Crippen LogP contribution in [0.1, 0.15) is 0 Å². The lowest BCUT2D eigenvalue weighted by atomic mass is 10.1. The van der Waals surface area contributed by atoms with Crippen LogP contribution in [0.5, 0.6) is 0 Å². The lowest BCUT2D eigenvalue weighted by molar-refractivity contribution is 0.628. The summed E-state index contributed by atoms with van der Waals surface area (Å²) in [5, 5.41) is 0.338. The van der Waals surface area contributed by atoms with Crippen LogP contribution in [-0.4, -0.2) is 35.3 Å². The van der Waals surface area contributed by atoms with Crippen LogP contribution in [0, 0.1) is 5.82 Å². The molecule has 2 aromatic rings. The number of benzene rings is 1. The minimum Gasteiger partial charge on any atom is -0.369 e. The number of hydrogen-bond acceptors (Lipinski definition) is 3. The van der Waals surface area contributed by atoms with Gasteiger partial charge < -0.3 is 4.90 Å². The first-order chi connectivity index (χ1) is 9.47. The molecule has 0 N–H and O–H groups in total. The summed E-state index contributed by atoms with van der Waals surface area (Å²) in [5.74, 6) is -0.173. The van der Waals surface area contributed by atoms with Gasteiger partial charge in [-0.3, -0.25) is 0 Å². The lowest BCUT2D eigenvalue weighted by Crippen LogP contribution is -2.07. The standard InChI is InChI=1S/C13H11Cl2FN4/c1-20(2)7-17-13-18-11(14)10(12(15)19-13)8-3-5-9(16)6-4-8/h3-7H,1-2H3. The minimum absolute atomic E-state index is 0.166.